The largest absolute Gasteiger partial charge is 0.508 e. The van der Waals surface area contributed by atoms with Crippen LogP contribution >= 0.6 is 0 Å². The van der Waals surface area contributed by atoms with Crippen LogP contribution in [0.25, 0.3) is 0 Å². The quantitative estimate of drug-likeness (QED) is 0.197. The van der Waals surface area contributed by atoms with Crippen molar-refractivity contribution in [3.8, 4) is 40.2 Å². The third-order valence-corrected chi connectivity index (χ3v) is 10.4. The lowest BCUT2D eigenvalue weighted by Gasteiger charge is -2.42. The van der Waals surface area contributed by atoms with Crippen molar-refractivity contribution in [1.82, 2.24) is 4.90 Å². The van der Waals surface area contributed by atoms with E-state index in [0.29, 0.717) is 23.2 Å². The lowest BCUT2D eigenvalue weighted by Crippen LogP contribution is -2.37. The van der Waals surface area contributed by atoms with Gasteiger partial charge in [0.1, 0.15) is 5.75 Å². The number of aryl methyl sites for hydroxylation is 1. The third kappa shape index (κ3) is 5.96. The summed E-state index contributed by atoms with van der Waals surface area (Å²) in [5, 5.41) is 20.8. The highest BCUT2D eigenvalue weighted by Gasteiger charge is 2.39. The number of phenols is 2. The van der Waals surface area contributed by atoms with Crippen LogP contribution in [0.15, 0.2) is 66.7 Å². The van der Waals surface area contributed by atoms with Crippen LogP contribution in [-0.2, 0) is 31.1 Å². The van der Waals surface area contributed by atoms with Crippen LogP contribution in [0.2, 0.25) is 0 Å². The van der Waals surface area contributed by atoms with Crippen LogP contribution < -0.4 is 18.9 Å². The lowest BCUT2D eigenvalue weighted by molar-refractivity contribution is 0.227. The van der Waals surface area contributed by atoms with Gasteiger partial charge in [0, 0.05) is 12.6 Å². The number of benzene rings is 4. The molecule has 0 unspecified atom stereocenters. The predicted molar refractivity (Wildman–Crippen MR) is 180 cm³/mol. The number of phenolic OH excluding ortho intramolecular Hbond substituents is 2. The molecule has 3 atom stereocenters. The molecular formula is C39H45NO6. The molecule has 4 aromatic rings. The first-order chi connectivity index (χ1) is 22.1. The van der Waals surface area contributed by atoms with Crippen molar-refractivity contribution < 1.29 is 29.2 Å². The SMILES string of the molecule is COc1cc2c(cc1OC)[C@H](Cc1ccc(O)c(Oc3cc4c(cc3OC)CC[C@H](C)[C@]4(C)Cc3ccc(O)cc3)c1)N(C)CC2. The van der Waals surface area contributed by atoms with E-state index in [-0.39, 0.29) is 23.0 Å². The van der Waals surface area contributed by atoms with Gasteiger partial charge in [0.15, 0.2) is 34.5 Å². The van der Waals surface area contributed by atoms with Crippen LogP contribution in [0.1, 0.15) is 59.7 Å². The van der Waals surface area contributed by atoms with E-state index in [0.717, 1.165) is 55.7 Å². The molecule has 2 aliphatic rings. The minimum absolute atomic E-state index is 0.0764. The highest BCUT2D eigenvalue weighted by Crippen LogP contribution is 2.49. The van der Waals surface area contributed by atoms with Crippen LogP contribution in [0.3, 0.4) is 0 Å². The second-order valence-electron chi connectivity index (χ2n) is 13.1. The van der Waals surface area contributed by atoms with E-state index in [1.54, 1.807) is 39.5 Å². The molecule has 0 spiro atoms. The molecule has 0 saturated heterocycles. The van der Waals surface area contributed by atoms with Gasteiger partial charge in [0.2, 0.25) is 0 Å². The van der Waals surface area contributed by atoms with Gasteiger partial charge in [0.25, 0.3) is 0 Å². The molecule has 1 aliphatic heterocycles. The fourth-order valence-electron chi connectivity index (χ4n) is 7.37. The molecule has 242 valence electrons. The zero-order chi connectivity index (χ0) is 32.6. The topological polar surface area (TPSA) is 80.6 Å². The molecule has 7 nitrogen and oxygen atoms in total. The summed E-state index contributed by atoms with van der Waals surface area (Å²) < 4.78 is 23.6. The maximum Gasteiger partial charge on any atom is 0.169 e. The Balaban J connectivity index is 1.32. The van der Waals surface area contributed by atoms with Gasteiger partial charge in [-0.1, -0.05) is 32.0 Å². The monoisotopic (exact) mass is 623 g/mol. The van der Waals surface area contributed by atoms with E-state index in [1.807, 2.05) is 24.3 Å². The molecule has 0 amide bonds. The summed E-state index contributed by atoms with van der Waals surface area (Å²) in [4.78, 5) is 2.37. The number of ether oxygens (including phenoxy) is 4. The average molecular weight is 624 g/mol. The fraction of sp³-hybridized carbons (Fsp3) is 0.385. The van der Waals surface area contributed by atoms with Crippen molar-refractivity contribution in [2.24, 2.45) is 5.92 Å². The van der Waals surface area contributed by atoms with E-state index in [9.17, 15) is 10.2 Å². The summed E-state index contributed by atoms with van der Waals surface area (Å²) in [6.45, 7) is 5.57. The van der Waals surface area contributed by atoms with Gasteiger partial charge < -0.3 is 29.2 Å². The van der Waals surface area contributed by atoms with Crippen molar-refractivity contribution in [1.29, 1.82) is 0 Å². The molecule has 1 heterocycles. The second kappa shape index (κ2) is 12.8. The maximum atomic E-state index is 11.0. The molecule has 0 bridgehead atoms. The summed E-state index contributed by atoms with van der Waals surface area (Å²) in [5.74, 6) is 3.87. The van der Waals surface area contributed by atoms with E-state index in [1.165, 1.54) is 27.8 Å². The zero-order valence-electron chi connectivity index (χ0n) is 27.7. The second-order valence-corrected chi connectivity index (χ2v) is 13.1. The molecule has 0 radical (unpaired) electrons. The number of hydrogen-bond acceptors (Lipinski definition) is 7. The van der Waals surface area contributed by atoms with Crippen LogP contribution in [-0.4, -0.2) is 50.0 Å². The Morgan fingerprint density at radius 2 is 1.41 bits per heavy atom. The molecule has 1 aliphatic carbocycles. The van der Waals surface area contributed by atoms with Crippen LogP contribution in [0.4, 0.5) is 0 Å². The predicted octanol–water partition coefficient (Wildman–Crippen LogP) is 7.77. The Morgan fingerprint density at radius 3 is 2.13 bits per heavy atom. The Hall–Kier alpha value is -4.36. The van der Waals surface area contributed by atoms with E-state index in [2.05, 4.69) is 50.1 Å². The molecule has 7 heteroatoms. The van der Waals surface area contributed by atoms with Gasteiger partial charge in [-0.15, -0.1) is 0 Å². The Morgan fingerprint density at radius 1 is 0.761 bits per heavy atom. The van der Waals surface area contributed by atoms with Gasteiger partial charge in [0.05, 0.1) is 21.3 Å². The summed E-state index contributed by atoms with van der Waals surface area (Å²) in [6, 6.07) is 21.7. The first-order valence-electron chi connectivity index (χ1n) is 16.1. The summed E-state index contributed by atoms with van der Waals surface area (Å²) >= 11 is 0. The van der Waals surface area contributed by atoms with Crippen molar-refractivity contribution >= 4 is 0 Å². The molecule has 0 aromatic heterocycles. The standard InChI is InChI=1S/C39H45NO6/c1-24-7-11-28-20-36(44-5)38(22-31(28)39(24,2)23-25-8-12-29(41)13-9-25)46-34-18-26(10-14-33(34)42)17-32-30-21-37(45-6)35(43-4)19-27(30)15-16-40(32)3/h8-10,12-14,18-22,24,32,41-42H,7,11,15-17,23H2,1-6H3/t24-,32-,39-/m0/s1. The Labute approximate surface area is 272 Å². The molecule has 0 fully saturated rings. The number of rotatable bonds is 9. The number of fused-ring (bicyclic) bond motifs is 2. The highest BCUT2D eigenvalue weighted by atomic mass is 16.5. The van der Waals surface area contributed by atoms with Crippen molar-refractivity contribution in [2.75, 3.05) is 34.9 Å². The third-order valence-electron chi connectivity index (χ3n) is 10.4. The van der Waals surface area contributed by atoms with Gasteiger partial charge in [-0.25, -0.2) is 0 Å². The van der Waals surface area contributed by atoms with Crippen molar-refractivity contribution in [3.05, 3.63) is 100 Å². The number of methoxy groups -OCH3 is 3. The molecule has 0 saturated carbocycles. The van der Waals surface area contributed by atoms with Gasteiger partial charge in [-0.05, 0) is 132 Å². The summed E-state index contributed by atoms with van der Waals surface area (Å²) in [6.07, 6.45) is 4.55. The molecule has 2 N–H and O–H groups in total. The first kappa shape index (κ1) is 31.6. The minimum atomic E-state index is -0.151. The van der Waals surface area contributed by atoms with Gasteiger partial charge in [-0.3, -0.25) is 4.90 Å². The van der Waals surface area contributed by atoms with E-state index >= 15 is 0 Å². The number of likely N-dealkylation sites (N-methyl/N-ethyl adjacent to an activating group) is 1. The number of hydrogen-bond donors (Lipinski definition) is 2. The molecule has 46 heavy (non-hydrogen) atoms. The van der Waals surface area contributed by atoms with Crippen LogP contribution in [0.5, 0.6) is 40.2 Å². The average Bonchev–Trinajstić information content (AvgIpc) is 3.06. The lowest BCUT2D eigenvalue weighted by atomic mass is 9.62. The Kier molecular flexibility index (Phi) is 8.80. The van der Waals surface area contributed by atoms with Crippen molar-refractivity contribution in [3.63, 3.8) is 0 Å². The fourth-order valence-corrected chi connectivity index (χ4v) is 7.37. The zero-order valence-corrected chi connectivity index (χ0v) is 27.7. The van der Waals surface area contributed by atoms with Gasteiger partial charge in [-0.2, -0.15) is 0 Å². The van der Waals surface area contributed by atoms with Crippen molar-refractivity contribution in [2.45, 2.75) is 57.4 Å². The molecule has 6 rings (SSSR count). The number of nitrogens with zero attached hydrogens (tertiary/aromatic N) is 1. The molecular weight excluding hydrogens is 578 g/mol. The smallest absolute Gasteiger partial charge is 0.169 e. The van der Waals surface area contributed by atoms with E-state index < -0.39 is 0 Å². The highest BCUT2D eigenvalue weighted by molar-refractivity contribution is 5.55. The normalized spacial score (nSPS) is 20.8. The minimum Gasteiger partial charge on any atom is -0.508 e. The maximum absolute atomic E-state index is 11.0. The van der Waals surface area contributed by atoms with Gasteiger partial charge >= 0.3 is 0 Å². The van der Waals surface area contributed by atoms with Crippen LogP contribution in [0, 0.1) is 5.92 Å². The summed E-state index contributed by atoms with van der Waals surface area (Å²) in [5.41, 5.74) is 7.05. The van der Waals surface area contributed by atoms with E-state index in [4.69, 9.17) is 18.9 Å². The Bertz CT molecular complexity index is 1720. The molecule has 4 aromatic carbocycles. The first-order valence-corrected chi connectivity index (χ1v) is 16.1. The number of aromatic hydroxyl groups is 2. The summed E-state index contributed by atoms with van der Waals surface area (Å²) in [7, 11) is 7.14.